The minimum atomic E-state index is -5.94. The van der Waals surface area contributed by atoms with Crippen molar-refractivity contribution < 1.29 is 106 Å². The van der Waals surface area contributed by atoms with E-state index in [4.69, 9.17) is 32.9 Å². The molecule has 60 heavy (non-hydrogen) atoms. The highest BCUT2D eigenvalue weighted by Gasteiger charge is 2.56. The molecule has 3 aliphatic rings. The summed E-state index contributed by atoms with van der Waals surface area (Å²) in [6.45, 7) is -1.33. The number of aromatic amines is 1. The zero-order valence-corrected chi connectivity index (χ0v) is 32.8. The number of carbonyl (C=O) groups is 3. The molecule has 1 amide bonds. The number of benzene rings is 1. The number of hydrogen-bond donors (Lipinski definition) is 10. The van der Waals surface area contributed by atoms with E-state index in [1.165, 1.54) is 24.3 Å². The maximum atomic E-state index is 13.2. The van der Waals surface area contributed by atoms with Crippen molar-refractivity contribution in [1.29, 1.82) is 0 Å². The molecule has 1 aromatic carbocycles. The van der Waals surface area contributed by atoms with Gasteiger partial charge in [0.15, 0.2) is 31.0 Å². The van der Waals surface area contributed by atoms with Gasteiger partial charge in [-0.1, -0.05) is 18.2 Å². The molecule has 0 bridgehead atoms. The molecule has 29 heteroatoms. The lowest BCUT2D eigenvalue weighted by molar-refractivity contribution is -0.336. The van der Waals surface area contributed by atoms with Crippen LogP contribution >= 0.6 is 15.6 Å². The minimum Gasteiger partial charge on any atom is -0.479 e. The first kappa shape index (κ1) is 47.2. The van der Waals surface area contributed by atoms with E-state index < -0.39 is 144 Å². The van der Waals surface area contributed by atoms with Crippen molar-refractivity contribution in [1.82, 2.24) is 14.9 Å². The largest absolute Gasteiger partial charge is 0.483 e. The maximum Gasteiger partial charge on any atom is 0.483 e. The Labute approximate surface area is 336 Å². The fourth-order valence-electron chi connectivity index (χ4n) is 6.36. The van der Waals surface area contributed by atoms with Crippen LogP contribution in [0.25, 0.3) is 0 Å². The van der Waals surface area contributed by atoms with E-state index in [0.29, 0.717) is 4.57 Å². The number of carbonyl (C=O) groups excluding carboxylic acids is 2. The molecule has 0 spiro atoms. The number of aliphatic hydroxyl groups excluding tert-OH is 5. The summed E-state index contributed by atoms with van der Waals surface area (Å²) in [7, 11) is -10.7. The minimum absolute atomic E-state index is 0.000978. The van der Waals surface area contributed by atoms with Gasteiger partial charge in [0.1, 0.15) is 54.9 Å². The van der Waals surface area contributed by atoms with Gasteiger partial charge in [-0.3, -0.25) is 28.2 Å². The molecule has 1 aromatic heterocycles. The molecule has 0 saturated carbocycles. The quantitative estimate of drug-likeness (QED) is 0.0564. The Bertz CT molecular complexity index is 2050. The Morgan fingerprint density at radius 2 is 1.55 bits per heavy atom. The summed E-state index contributed by atoms with van der Waals surface area (Å²) >= 11 is 0. The van der Waals surface area contributed by atoms with Gasteiger partial charge in [-0.15, -0.1) is 0 Å². The van der Waals surface area contributed by atoms with E-state index in [9.17, 15) is 73.5 Å². The molecule has 2 unspecified atom stereocenters. The third kappa shape index (κ3) is 11.0. The normalized spacial score (nSPS) is 35.1. The van der Waals surface area contributed by atoms with Crippen molar-refractivity contribution >= 4 is 33.5 Å². The molecule has 4 heterocycles. The number of aromatic nitrogens is 2. The standard InChI is InChI=1S/C31H41N3O24P2/c1-12(36)32-17-22(55-30-21(41)23(50-2)24(25(56-30)27(42)43)54-28(44)13-6-4-3-5-7-13)19(39)14(10-35)53-29(17)57-60(48,49)58-59(46,47)51-11-15-18(38)20(40)26(52-15)34-9-8-16(37)33-31(34)45/h3-9,14-15,17-26,29-30,35,38-41H,10-11H2,1-2H3,(H,32,36)(H,42,43)(H,46,47)(H,48,49)(H,33,37,45)/t14-,15-,17-,18-,19-,20-,21-,22-,23-,24+,25+,26-,29-,30-/m1/s1. The molecular weight excluding hydrogens is 860 g/mol. The Balaban J connectivity index is 1.31. The highest BCUT2D eigenvalue weighted by molar-refractivity contribution is 7.61. The predicted molar refractivity (Wildman–Crippen MR) is 188 cm³/mol. The van der Waals surface area contributed by atoms with Crippen LogP contribution in [-0.4, -0.2) is 168 Å². The van der Waals surface area contributed by atoms with Crippen LogP contribution in [0.1, 0.15) is 23.5 Å². The van der Waals surface area contributed by atoms with E-state index >= 15 is 0 Å². The van der Waals surface area contributed by atoms with Gasteiger partial charge in [0.05, 0.1) is 18.8 Å². The number of carboxylic acid groups (broad SMARTS) is 1. The van der Waals surface area contributed by atoms with Gasteiger partial charge in [0.2, 0.25) is 5.91 Å². The number of methoxy groups -OCH3 is 1. The number of carboxylic acids is 1. The lowest BCUT2D eigenvalue weighted by Gasteiger charge is -2.47. The van der Waals surface area contributed by atoms with Gasteiger partial charge in [-0.05, 0) is 12.1 Å². The Morgan fingerprint density at radius 1 is 0.867 bits per heavy atom. The molecule has 3 saturated heterocycles. The van der Waals surface area contributed by atoms with Crippen molar-refractivity contribution in [3.05, 3.63) is 69.0 Å². The van der Waals surface area contributed by atoms with Gasteiger partial charge in [0.25, 0.3) is 5.56 Å². The molecular formula is C31H41N3O24P2. The van der Waals surface area contributed by atoms with E-state index in [-0.39, 0.29) is 5.56 Å². The van der Waals surface area contributed by atoms with E-state index in [0.717, 1.165) is 26.3 Å². The number of phosphoric ester groups is 2. The molecule has 3 aliphatic heterocycles. The third-order valence-electron chi connectivity index (χ3n) is 9.11. The monoisotopic (exact) mass is 901 g/mol. The zero-order chi connectivity index (χ0) is 44.3. The fourth-order valence-corrected chi connectivity index (χ4v) is 8.53. The van der Waals surface area contributed by atoms with Gasteiger partial charge in [-0.2, -0.15) is 4.31 Å². The summed E-state index contributed by atoms with van der Waals surface area (Å²) in [5.41, 5.74) is -1.85. The van der Waals surface area contributed by atoms with E-state index in [1.807, 2.05) is 4.98 Å². The van der Waals surface area contributed by atoms with Crippen LogP contribution in [0.15, 0.2) is 52.2 Å². The summed E-state index contributed by atoms with van der Waals surface area (Å²) in [6.07, 6.45) is -24.2. The Morgan fingerprint density at radius 3 is 2.15 bits per heavy atom. The number of nitrogens with zero attached hydrogens (tertiary/aromatic N) is 1. The van der Waals surface area contributed by atoms with Crippen LogP contribution in [0.3, 0.4) is 0 Å². The molecule has 16 atom stereocenters. The first-order valence-corrected chi connectivity index (χ1v) is 20.4. The molecule has 2 aromatic rings. The highest BCUT2D eigenvalue weighted by atomic mass is 31.3. The number of amides is 1. The summed E-state index contributed by atoms with van der Waals surface area (Å²) < 4.78 is 73.1. The second kappa shape index (κ2) is 19.5. The summed E-state index contributed by atoms with van der Waals surface area (Å²) in [4.78, 5) is 83.8. The smallest absolute Gasteiger partial charge is 0.479 e. The van der Waals surface area contributed by atoms with Gasteiger partial charge in [0, 0.05) is 26.3 Å². The van der Waals surface area contributed by atoms with Crippen LogP contribution in [0.5, 0.6) is 0 Å². The van der Waals surface area contributed by atoms with Crippen LogP contribution < -0.4 is 16.6 Å². The molecule has 0 aliphatic carbocycles. The lowest BCUT2D eigenvalue weighted by Crippen LogP contribution is -2.68. The molecule has 5 rings (SSSR count). The molecule has 0 radical (unpaired) electrons. The van der Waals surface area contributed by atoms with Gasteiger partial charge < -0.3 is 74.2 Å². The third-order valence-corrected chi connectivity index (χ3v) is 11.7. The Kier molecular flexibility index (Phi) is 15.3. The summed E-state index contributed by atoms with van der Waals surface area (Å²) in [6, 6.07) is 6.24. The first-order chi connectivity index (χ1) is 28.2. The second-order valence-electron chi connectivity index (χ2n) is 13.2. The first-order valence-electron chi connectivity index (χ1n) is 17.4. The average Bonchev–Trinajstić information content (AvgIpc) is 3.45. The maximum absolute atomic E-state index is 13.2. The number of rotatable bonds is 16. The van der Waals surface area contributed by atoms with Crippen LogP contribution in [-0.2, 0) is 60.5 Å². The average molecular weight is 902 g/mol. The second-order valence-corrected chi connectivity index (χ2v) is 16.2. The van der Waals surface area contributed by atoms with Crippen LogP contribution in [0, 0.1) is 0 Å². The number of hydrogen-bond acceptors (Lipinski definition) is 21. The van der Waals surface area contributed by atoms with Crippen LogP contribution in [0.2, 0.25) is 0 Å². The molecule has 334 valence electrons. The van der Waals surface area contributed by atoms with Crippen molar-refractivity contribution in [3.63, 3.8) is 0 Å². The van der Waals surface area contributed by atoms with Crippen molar-refractivity contribution in [2.24, 2.45) is 0 Å². The summed E-state index contributed by atoms with van der Waals surface area (Å²) in [5, 5.41) is 65.4. The van der Waals surface area contributed by atoms with Crippen molar-refractivity contribution in [3.8, 4) is 0 Å². The fraction of sp³-hybridized carbons (Fsp3) is 0.581. The lowest BCUT2D eigenvalue weighted by atomic mass is 9.95. The molecule has 3 fully saturated rings. The number of H-pyrrole nitrogens is 1. The van der Waals surface area contributed by atoms with E-state index in [2.05, 4.69) is 14.2 Å². The Hall–Kier alpha value is -3.83. The number of phosphoric acid groups is 2. The number of nitrogens with one attached hydrogen (secondary N) is 2. The van der Waals surface area contributed by atoms with Gasteiger partial charge >= 0.3 is 33.3 Å². The zero-order valence-electron chi connectivity index (χ0n) is 31.0. The van der Waals surface area contributed by atoms with Crippen molar-refractivity contribution in [2.45, 2.75) is 92.8 Å². The SMILES string of the molecule is CO[C@@H]1[C@@H](O)[C@H](O[C@H]2[C@H](O)[C@@H](CO)O[C@H](OP(=O)(O)OP(=O)(O)OC[C@H]3O[C@@H](n4ccc(=O)[nH]c4=O)[C@H](O)[C@@H]3O)[C@@H]2NC(C)=O)O[C@H](C(=O)O)[C@H]1OC(=O)c1ccccc1. The highest BCUT2D eigenvalue weighted by Crippen LogP contribution is 2.61. The molecule has 10 N–H and O–H groups in total. The predicted octanol–water partition coefficient (Wildman–Crippen LogP) is -4.21. The number of esters is 1. The van der Waals surface area contributed by atoms with Crippen LogP contribution in [0.4, 0.5) is 0 Å². The number of ether oxygens (including phenoxy) is 6. The molecule has 27 nitrogen and oxygen atoms in total. The number of aliphatic carboxylic acids is 1. The summed E-state index contributed by atoms with van der Waals surface area (Å²) in [5.74, 6) is -3.72. The van der Waals surface area contributed by atoms with Gasteiger partial charge in [-0.25, -0.2) is 23.5 Å². The number of aliphatic hydroxyl groups is 5. The topological polar surface area (TPSA) is 397 Å². The van der Waals surface area contributed by atoms with Crippen molar-refractivity contribution in [2.75, 3.05) is 20.3 Å². The van der Waals surface area contributed by atoms with E-state index in [1.54, 1.807) is 6.07 Å².